The van der Waals surface area contributed by atoms with Gasteiger partial charge in [0.05, 0.1) is 11.9 Å². The number of likely N-dealkylation sites (tertiary alicyclic amines) is 1. The van der Waals surface area contributed by atoms with E-state index in [1.807, 2.05) is 6.07 Å². The molecule has 2 aliphatic rings. The molecule has 4 N–H and O–H groups in total. The van der Waals surface area contributed by atoms with Crippen LogP contribution in [0, 0.1) is 0 Å². The monoisotopic (exact) mass is 474 g/mol. The number of hydrogen-bond acceptors (Lipinski definition) is 9. The molecule has 0 amide bonds. The Bertz CT molecular complexity index is 1120. The maximum atomic E-state index is 6.01. The van der Waals surface area contributed by atoms with E-state index >= 15 is 0 Å². The van der Waals surface area contributed by atoms with Crippen LogP contribution in [0.25, 0.3) is 11.3 Å². The van der Waals surface area contributed by atoms with Crippen molar-refractivity contribution in [2.24, 2.45) is 0 Å². The zero-order chi connectivity index (χ0) is 24.2. The molecular weight excluding hydrogens is 440 g/mol. The molecule has 2 aliphatic heterocycles. The van der Waals surface area contributed by atoms with Crippen molar-refractivity contribution in [2.45, 2.75) is 25.5 Å². The molecule has 2 fully saturated rings. The number of ether oxygens (including phenoxy) is 1. The Balaban J connectivity index is 1.20. The van der Waals surface area contributed by atoms with Crippen molar-refractivity contribution in [3.8, 4) is 17.1 Å². The Morgan fingerprint density at radius 2 is 1.69 bits per heavy atom. The quantitative estimate of drug-likeness (QED) is 0.557. The molecule has 0 spiro atoms. The lowest BCUT2D eigenvalue weighted by molar-refractivity contribution is 0.115. The van der Waals surface area contributed by atoms with Crippen molar-refractivity contribution in [2.75, 3.05) is 62.7 Å². The average Bonchev–Trinajstić information content (AvgIpc) is 2.89. The predicted molar refractivity (Wildman–Crippen MR) is 139 cm³/mol. The van der Waals surface area contributed by atoms with Crippen molar-refractivity contribution in [3.63, 3.8) is 0 Å². The molecular formula is C26H34N8O. The number of piperazine rings is 1. The van der Waals surface area contributed by atoms with Gasteiger partial charge >= 0.3 is 0 Å². The summed E-state index contributed by atoms with van der Waals surface area (Å²) in [6.07, 6.45) is 5.91. The molecule has 0 atom stereocenters. The maximum absolute atomic E-state index is 6.01. The van der Waals surface area contributed by atoms with Crippen LogP contribution in [0.5, 0.6) is 5.88 Å². The second-order valence-corrected chi connectivity index (χ2v) is 9.43. The first kappa shape index (κ1) is 23.3. The van der Waals surface area contributed by atoms with Crippen LogP contribution in [0.1, 0.15) is 18.4 Å². The molecule has 0 radical (unpaired) electrons. The van der Waals surface area contributed by atoms with Gasteiger partial charge in [-0.15, -0.1) is 0 Å². The van der Waals surface area contributed by atoms with E-state index in [9.17, 15) is 0 Å². The molecule has 2 aromatic heterocycles. The van der Waals surface area contributed by atoms with Crippen LogP contribution in [-0.4, -0.2) is 77.1 Å². The standard InChI is InChI=1S/C26H34N8O/c1-32-10-7-22(8-11-32)34-14-12-33(13-15-34)21-4-2-20(3-5-21)23-17-30-25(28)26(31-23)35-18-19-6-9-29-24(27)16-19/h2-6,9,16-17,22H,7-8,10-15,18H2,1H3,(H2,27,29)(H2,28,30). The summed E-state index contributed by atoms with van der Waals surface area (Å²) in [5.41, 5.74) is 15.6. The van der Waals surface area contributed by atoms with Crippen molar-refractivity contribution < 1.29 is 4.74 Å². The molecule has 0 saturated carbocycles. The van der Waals surface area contributed by atoms with Crippen LogP contribution in [0.15, 0.2) is 48.8 Å². The Labute approximate surface area is 206 Å². The smallest absolute Gasteiger partial charge is 0.258 e. The van der Waals surface area contributed by atoms with E-state index in [4.69, 9.17) is 16.2 Å². The van der Waals surface area contributed by atoms with Gasteiger partial charge in [-0.1, -0.05) is 12.1 Å². The van der Waals surface area contributed by atoms with E-state index < -0.39 is 0 Å². The summed E-state index contributed by atoms with van der Waals surface area (Å²) in [5, 5.41) is 0. The predicted octanol–water partition coefficient (Wildman–Crippen LogP) is 2.50. The van der Waals surface area contributed by atoms with Gasteiger partial charge in [0, 0.05) is 49.7 Å². The van der Waals surface area contributed by atoms with Gasteiger partial charge in [0.25, 0.3) is 5.88 Å². The molecule has 9 heteroatoms. The summed E-state index contributed by atoms with van der Waals surface area (Å²) in [6, 6.07) is 12.9. The van der Waals surface area contributed by atoms with E-state index in [1.54, 1.807) is 18.5 Å². The number of aromatic nitrogens is 3. The molecule has 184 valence electrons. The highest BCUT2D eigenvalue weighted by Gasteiger charge is 2.26. The van der Waals surface area contributed by atoms with E-state index in [0.717, 1.165) is 49.0 Å². The number of rotatable bonds is 6. The number of piperidine rings is 1. The van der Waals surface area contributed by atoms with Gasteiger partial charge in [-0.2, -0.15) is 0 Å². The van der Waals surface area contributed by atoms with Crippen LogP contribution in [0.4, 0.5) is 17.3 Å². The van der Waals surface area contributed by atoms with Crippen molar-refractivity contribution >= 4 is 17.3 Å². The third-order valence-corrected chi connectivity index (χ3v) is 7.04. The molecule has 5 rings (SSSR count). The number of hydrogen-bond donors (Lipinski definition) is 2. The van der Waals surface area contributed by atoms with Gasteiger partial charge < -0.3 is 26.0 Å². The van der Waals surface area contributed by atoms with Crippen LogP contribution in [0.2, 0.25) is 0 Å². The van der Waals surface area contributed by atoms with Gasteiger partial charge in [0.15, 0.2) is 5.82 Å². The minimum Gasteiger partial charge on any atom is -0.470 e. The Hall–Kier alpha value is -3.43. The lowest BCUT2D eigenvalue weighted by Gasteiger charge is -2.42. The van der Waals surface area contributed by atoms with Crippen LogP contribution in [0.3, 0.4) is 0 Å². The number of anilines is 3. The van der Waals surface area contributed by atoms with Crippen molar-refractivity contribution in [3.05, 3.63) is 54.4 Å². The van der Waals surface area contributed by atoms with Gasteiger partial charge in [0.1, 0.15) is 12.4 Å². The number of pyridine rings is 1. The third-order valence-electron chi connectivity index (χ3n) is 7.04. The molecule has 35 heavy (non-hydrogen) atoms. The molecule has 2 saturated heterocycles. The average molecular weight is 475 g/mol. The van der Waals surface area contributed by atoms with Gasteiger partial charge in [-0.25, -0.2) is 15.0 Å². The Kier molecular flexibility index (Phi) is 6.96. The van der Waals surface area contributed by atoms with Crippen LogP contribution >= 0.6 is 0 Å². The minimum absolute atomic E-state index is 0.259. The molecule has 0 aliphatic carbocycles. The fourth-order valence-corrected chi connectivity index (χ4v) is 4.91. The van der Waals surface area contributed by atoms with Crippen LogP contribution in [-0.2, 0) is 6.61 Å². The lowest BCUT2D eigenvalue weighted by atomic mass is 10.0. The van der Waals surface area contributed by atoms with E-state index in [2.05, 4.69) is 61.0 Å². The van der Waals surface area contributed by atoms with E-state index in [0.29, 0.717) is 11.7 Å². The number of benzene rings is 1. The van der Waals surface area contributed by atoms with Gasteiger partial charge in [-0.3, -0.25) is 4.90 Å². The zero-order valence-electron chi connectivity index (χ0n) is 20.3. The first-order valence-corrected chi connectivity index (χ1v) is 12.3. The maximum Gasteiger partial charge on any atom is 0.258 e. The Morgan fingerprint density at radius 3 is 2.40 bits per heavy atom. The summed E-state index contributed by atoms with van der Waals surface area (Å²) in [7, 11) is 2.22. The third kappa shape index (κ3) is 5.63. The number of nitrogens with two attached hydrogens (primary N) is 2. The topological polar surface area (TPSA) is 110 Å². The fraction of sp³-hybridized carbons (Fsp3) is 0.423. The highest BCUT2D eigenvalue weighted by Crippen LogP contribution is 2.27. The molecule has 4 heterocycles. The summed E-state index contributed by atoms with van der Waals surface area (Å²) < 4.78 is 5.83. The Morgan fingerprint density at radius 1 is 0.943 bits per heavy atom. The molecule has 1 aromatic carbocycles. The summed E-state index contributed by atoms with van der Waals surface area (Å²) >= 11 is 0. The van der Waals surface area contributed by atoms with Gasteiger partial charge in [0.2, 0.25) is 0 Å². The van der Waals surface area contributed by atoms with Crippen LogP contribution < -0.4 is 21.1 Å². The second-order valence-electron chi connectivity index (χ2n) is 9.43. The summed E-state index contributed by atoms with van der Waals surface area (Å²) in [6.45, 7) is 7.09. The zero-order valence-corrected chi connectivity index (χ0v) is 20.3. The van der Waals surface area contributed by atoms with Gasteiger partial charge in [-0.05, 0) is 62.8 Å². The van der Waals surface area contributed by atoms with Crippen molar-refractivity contribution in [1.82, 2.24) is 24.8 Å². The first-order valence-electron chi connectivity index (χ1n) is 12.3. The molecule has 0 bridgehead atoms. The SMILES string of the molecule is CN1CCC(N2CCN(c3ccc(-c4cnc(N)c(OCc5ccnc(N)c5)n4)cc3)CC2)CC1. The first-order chi connectivity index (χ1) is 17.0. The highest BCUT2D eigenvalue weighted by molar-refractivity contribution is 5.64. The number of nitrogens with zero attached hydrogens (tertiary/aromatic N) is 6. The number of nitrogen functional groups attached to an aromatic ring is 2. The second kappa shape index (κ2) is 10.5. The summed E-state index contributed by atoms with van der Waals surface area (Å²) in [5.74, 6) is 1.02. The summed E-state index contributed by atoms with van der Waals surface area (Å²) in [4.78, 5) is 20.5. The minimum atomic E-state index is 0.259. The van der Waals surface area contributed by atoms with Crippen molar-refractivity contribution in [1.29, 1.82) is 0 Å². The molecule has 3 aromatic rings. The molecule has 0 unspecified atom stereocenters. The van der Waals surface area contributed by atoms with E-state index in [-0.39, 0.29) is 12.4 Å². The fourth-order valence-electron chi connectivity index (χ4n) is 4.91. The highest BCUT2D eigenvalue weighted by atomic mass is 16.5. The normalized spacial score (nSPS) is 18.0. The molecule has 9 nitrogen and oxygen atoms in total. The lowest BCUT2D eigenvalue weighted by Crippen LogP contribution is -2.53. The van der Waals surface area contributed by atoms with E-state index in [1.165, 1.54) is 31.6 Å². The largest absolute Gasteiger partial charge is 0.470 e.